The Balaban J connectivity index is 1.99. The fourth-order valence-corrected chi connectivity index (χ4v) is 4.27. The van der Waals surface area contributed by atoms with E-state index in [1.54, 1.807) is 11.8 Å². The van der Waals surface area contributed by atoms with Crippen molar-refractivity contribution in [3.8, 4) is 0 Å². The molecule has 0 N–H and O–H groups in total. The molecule has 2 amide bonds. The van der Waals surface area contributed by atoms with Gasteiger partial charge in [0.1, 0.15) is 4.90 Å². The predicted octanol–water partition coefficient (Wildman–Crippen LogP) is 0.323. The van der Waals surface area contributed by atoms with E-state index in [0.717, 1.165) is 4.31 Å². The molecule has 0 radical (unpaired) electrons. The summed E-state index contributed by atoms with van der Waals surface area (Å²) in [5, 5.41) is 0. The normalized spacial score (nSPS) is 20.1. The van der Waals surface area contributed by atoms with Crippen LogP contribution in [0.15, 0.2) is 23.1 Å². The average Bonchev–Trinajstić information content (AvgIpc) is 2.73. The van der Waals surface area contributed by atoms with Crippen molar-refractivity contribution in [1.82, 2.24) is 9.21 Å². The van der Waals surface area contributed by atoms with Crippen LogP contribution in [-0.2, 0) is 14.8 Å². The molecule has 0 unspecified atom stereocenters. The lowest BCUT2D eigenvalue weighted by Gasteiger charge is -2.26. The lowest BCUT2D eigenvalue weighted by Crippen LogP contribution is -2.40. The molecule has 118 valence electrons. The van der Waals surface area contributed by atoms with E-state index in [0.29, 0.717) is 26.3 Å². The third kappa shape index (κ3) is 2.19. The van der Waals surface area contributed by atoms with Gasteiger partial charge in [0.25, 0.3) is 21.8 Å². The van der Waals surface area contributed by atoms with Crippen molar-refractivity contribution >= 4 is 21.8 Å². The molecule has 0 atom stereocenters. The van der Waals surface area contributed by atoms with Gasteiger partial charge in [0, 0.05) is 25.2 Å². The third-order valence-corrected chi connectivity index (χ3v) is 5.74. The number of carbonyl (C=O) groups is 2. The second-order valence-electron chi connectivity index (χ2n) is 5.09. The predicted molar refractivity (Wildman–Crippen MR) is 77.1 cm³/mol. The van der Waals surface area contributed by atoms with Crippen LogP contribution in [0.25, 0.3) is 0 Å². The second-order valence-corrected chi connectivity index (χ2v) is 6.92. The third-order valence-electron chi connectivity index (χ3n) is 3.84. The van der Waals surface area contributed by atoms with Crippen molar-refractivity contribution in [1.29, 1.82) is 0 Å². The Bertz CT molecular complexity index is 738. The topological polar surface area (TPSA) is 84.0 Å². The van der Waals surface area contributed by atoms with Gasteiger partial charge in [-0.25, -0.2) is 12.7 Å². The first-order chi connectivity index (χ1) is 10.5. The molecule has 22 heavy (non-hydrogen) atoms. The first-order valence-electron chi connectivity index (χ1n) is 7.05. The number of morpholine rings is 1. The highest BCUT2D eigenvalue weighted by Gasteiger charge is 2.40. The zero-order valence-electron chi connectivity index (χ0n) is 12.1. The highest BCUT2D eigenvalue weighted by Crippen LogP contribution is 2.31. The maximum Gasteiger partial charge on any atom is 0.268 e. The van der Waals surface area contributed by atoms with Gasteiger partial charge in [-0.3, -0.25) is 9.59 Å². The van der Waals surface area contributed by atoms with E-state index in [-0.39, 0.29) is 28.5 Å². The Morgan fingerprint density at radius 2 is 1.95 bits per heavy atom. The summed E-state index contributed by atoms with van der Waals surface area (Å²) in [6, 6.07) is 4.22. The number of amides is 2. The number of hydrogen-bond acceptors (Lipinski definition) is 5. The molecule has 0 saturated carbocycles. The number of nitrogens with zero attached hydrogens (tertiary/aromatic N) is 2. The van der Waals surface area contributed by atoms with Crippen LogP contribution in [-0.4, -0.2) is 62.3 Å². The summed E-state index contributed by atoms with van der Waals surface area (Å²) in [5.41, 5.74) is 0.398. The lowest BCUT2D eigenvalue weighted by molar-refractivity contribution is 0.0302. The molecule has 2 aliphatic heterocycles. The molecule has 0 bridgehead atoms. The quantitative estimate of drug-likeness (QED) is 0.782. The maximum atomic E-state index is 12.4. The highest BCUT2D eigenvalue weighted by atomic mass is 32.2. The van der Waals surface area contributed by atoms with Gasteiger partial charge in [-0.15, -0.1) is 0 Å². The molecule has 0 aliphatic carbocycles. The largest absolute Gasteiger partial charge is 0.378 e. The summed E-state index contributed by atoms with van der Waals surface area (Å²) in [4.78, 5) is 26.0. The molecule has 1 saturated heterocycles. The number of hydrogen-bond donors (Lipinski definition) is 0. The standard InChI is InChI=1S/C14H16N2O5S/c1-2-16-14(18)11-4-3-10(9-12(11)22(16,19)20)13(17)15-5-7-21-8-6-15/h3-4,9H,2,5-8H2,1H3. The van der Waals surface area contributed by atoms with Crippen molar-refractivity contribution in [2.75, 3.05) is 32.8 Å². The van der Waals surface area contributed by atoms with E-state index >= 15 is 0 Å². The summed E-state index contributed by atoms with van der Waals surface area (Å²) in [7, 11) is -3.84. The van der Waals surface area contributed by atoms with Gasteiger partial charge in [-0.2, -0.15) is 0 Å². The van der Waals surface area contributed by atoms with Crippen LogP contribution in [0.1, 0.15) is 27.6 Å². The molecular weight excluding hydrogens is 308 g/mol. The van der Waals surface area contributed by atoms with Crippen molar-refractivity contribution in [2.24, 2.45) is 0 Å². The monoisotopic (exact) mass is 324 g/mol. The molecule has 1 fully saturated rings. The molecule has 2 aliphatic rings. The lowest BCUT2D eigenvalue weighted by atomic mass is 10.1. The van der Waals surface area contributed by atoms with Gasteiger partial charge in [0.2, 0.25) is 0 Å². The van der Waals surface area contributed by atoms with Gasteiger partial charge in [-0.1, -0.05) is 0 Å². The van der Waals surface area contributed by atoms with Crippen LogP contribution in [0, 0.1) is 0 Å². The molecule has 7 nitrogen and oxygen atoms in total. The molecule has 2 heterocycles. The van der Waals surface area contributed by atoms with Gasteiger partial charge in [0.15, 0.2) is 0 Å². The zero-order chi connectivity index (χ0) is 15.9. The fraction of sp³-hybridized carbons (Fsp3) is 0.429. The van der Waals surface area contributed by atoms with Gasteiger partial charge in [-0.05, 0) is 25.1 Å². The Hall–Kier alpha value is -1.93. The number of fused-ring (bicyclic) bond motifs is 1. The summed E-state index contributed by atoms with van der Waals surface area (Å²) in [6.45, 7) is 3.56. The van der Waals surface area contributed by atoms with Crippen LogP contribution >= 0.6 is 0 Å². The van der Waals surface area contributed by atoms with Crippen LogP contribution in [0.4, 0.5) is 0 Å². The van der Waals surface area contributed by atoms with E-state index in [9.17, 15) is 18.0 Å². The number of ether oxygens (including phenoxy) is 1. The van der Waals surface area contributed by atoms with Crippen LogP contribution in [0.2, 0.25) is 0 Å². The Labute approximate surface area is 128 Å². The van der Waals surface area contributed by atoms with Crippen LogP contribution in [0.3, 0.4) is 0 Å². The highest BCUT2D eigenvalue weighted by molar-refractivity contribution is 7.90. The summed E-state index contributed by atoms with van der Waals surface area (Å²) in [5.74, 6) is -0.786. The van der Waals surface area contributed by atoms with Gasteiger partial charge >= 0.3 is 0 Å². The molecule has 8 heteroatoms. The Kier molecular flexibility index (Phi) is 3.65. The number of carbonyl (C=O) groups excluding carboxylic acids is 2. The summed E-state index contributed by atoms with van der Waals surface area (Å²) < 4.78 is 30.7. The van der Waals surface area contributed by atoms with Crippen molar-refractivity contribution in [2.45, 2.75) is 11.8 Å². The van der Waals surface area contributed by atoms with Crippen molar-refractivity contribution < 1.29 is 22.7 Å². The maximum absolute atomic E-state index is 12.4. The van der Waals surface area contributed by atoms with E-state index in [1.165, 1.54) is 18.2 Å². The smallest absolute Gasteiger partial charge is 0.268 e. The minimum absolute atomic E-state index is 0.0720. The Morgan fingerprint density at radius 3 is 2.59 bits per heavy atom. The van der Waals surface area contributed by atoms with Crippen molar-refractivity contribution in [3.05, 3.63) is 29.3 Å². The number of sulfonamides is 1. The molecule has 3 rings (SSSR count). The minimum atomic E-state index is -3.84. The molecule has 1 aromatic carbocycles. The molecule has 1 aromatic rings. The number of benzene rings is 1. The molecule has 0 spiro atoms. The summed E-state index contributed by atoms with van der Waals surface area (Å²) >= 11 is 0. The van der Waals surface area contributed by atoms with Crippen LogP contribution < -0.4 is 0 Å². The van der Waals surface area contributed by atoms with E-state index in [4.69, 9.17) is 4.74 Å². The van der Waals surface area contributed by atoms with Crippen molar-refractivity contribution in [3.63, 3.8) is 0 Å². The molecule has 0 aromatic heterocycles. The first-order valence-corrected chi connectivity index (χ1v) is 8.49. The van der Waals surface area contributed by atoms with E-state index < -0.39 is 15.9 Å². The molecular formula is C14H16N2O5S. The second kappa shape index (κ2) is 5.36. The minimum Gasteiger partial charge on any atom is -0.378 e. The van der Waals surface area contributed by atoms with Gasteiger partial charge < -0.3 is 9.64 Å². The van der Waals surface area contributed by atoms with E-state index in [1.807, 2.05) is 0 Å². The van der Waals surface area contributed by atoms with E-state index in [2.05, 4.69) is 0 Å². The fourth-order valence-electron chi connectivity index (χ4n) is 2.67. The average molecular weight is 324 g/mol. The number of rotatable bonds is 2. The zero-order valence-corrected chi connectivity index (χ0v) is 12.9. The van der Waals surface area contributed by atoms with Crippen LogP contribution in [0.5, 0.6) is 0 Å². The Morgan fingerprint density at radius 1 is 1.27 bits per heavy atom. The SMILES string of the molecule is CCN1C(=O)c2ccc(C(=O)N3CCOCC3)cc2S1(=O)=O. The van der Waals surface area contributed by atoms with Gasteiger partial charge in [0.05, 0.1) is 18.8 Å². The first kappa shape index (κ1) is 15.0. The summed E-state index contributed by atoms with van der Waals surface area (Å²) in [6.07, 6.45) is 0.